The topological polar surface area (TPSA) is 23.5 Å². The van der Waals surface area contributed by atoms with Crippen LogP contribution in [0.25, 0.3) is 0 Å². The van der Waals surface area contributed by atoms with Crippen LogP contribution < -0.4 is 4.90 Å². The first-order valence-electron chi connectivity index (χ1n) is 5.68. The van der Waals surface area contributed by atoms with Gasteiger partial charge in [0.1, 0.15) is 5.82 Å². The van der Waals surface area contributed by atoms with Gasteiger partial charge in [0.25, 0.3) is 0 Å². The molecule has 0 fully saturated rings. The molecule has 1 atom stereocenters. The number of nitrogens with zero attached hydrogens (tertiary/aromatic N) is 1. The van der Waals surface area contributed by atoms with Gasteiger partial charge in [0.15, 0.2) is 0 Å². The summed E-state index contributed by atoms with van der Waals surface area (Å²) in [6.45, 7) is 5.00. The second-order valence-corrected chi connectivity index (χ2v) is 4.34. The number of benzene rings is 1. The Bertz CT molecular complexity index is 341. The summed E-state index contributed by atoms with van der Waals surface area (Å²) >= 11 is 0. The van der Waals surface area contributed by atoms with Crippen molar-refractivity contribution in [3.8, 4) is 0 Å². The van der Waals surface area contributed by atoms with Gasteiger partial charge >= 0.3 is 0 Å². The number of aliphatic hydroxyl groups excluding tert-OH is 1. The monoisotopic (exact) mass is 225 g/mol. The highest BCUT2D eigenvalue weighted by atomic mass is 19.1. The van der Waals surface area contributed by atoms with Crippen molar-refractivity contribution in [3.63, 3.8) is 0 Å². The van der Waals surface area contributed by atoms with Crippen LogP contribution in [0, 0.1) is 11.7 Å². The highest BCUT2D eigenvalue weighted by molar-refractivity contribution is 5.48. The fraction of sp³-hybridized carbons (Fsp3) is 0.538. The molecule has 16 heavy (non-hydrogen) atoms. The Morgan fingerprint density at radius 1 is 1.44 bits per heavy atom. The van der Waals surface area contributed by atoms with Gasteiger partial charge in [-0.15, -0.1) is 0 Å². The minimum atomic E-state index is -0.266. The molecule has 1 aromatic carbocycles. The molecule has 0 spiro atoms. The summed E-state index contributed by atoms with van der Waals surface area (Å²) in [6, 6.07) is 4.87. The first-order chi connectivity index (χ1) is 7.58. The van der Waals surface area contributed by atoms with Crippen LogP contribution in [-0.2, 0) is 6.61 Å². The van der Waals surface area contributed by atoms with E-state index in [9.17, 15) is 4.39 Å². The lowest BCUT2D eigenvalue weighted by Gasteiger charge is -2.23. The largest absolute Gasteiger partial charge is 0.392 e. The van der Waals surface area contributed by atoms with Gasteiger partial charge in [-0.05, 0) is 23.6 Å². The summed E-state index contributed by atoms with van der Waals surface area (Å²) in [5.41, 5.74) is 1.20. The molecule has 0 amide bonds. The zero-order chi connectivity index (χ0) is 12.1. The molecule has 1 unspecified atom stereocenters. The molecular formula is C13H20FNO. The molecule has 0 aliphatic heterocycles. The van der Waals surface area contributed by atoms with E-state index in [0.717, 1.165) is 13.0 Å². The molecule has 0 saturated heterocycles. The molecule has 0 aliphatic carbocycles. The van der Waals surface area contributed by atoms with Gasteiger partial charge in [0.2, 0.25) is 0 Å². The van der Waals surface area contributed by atoms with Crippen LogP contribution in [0.15, 0.2) is 18.2 Å². The van der Waals surface area contributed by atoms with Crippen LogP contribution in [0.4, 0.5) is 10.1 Å². The molecule has 0 heterocycles. The fourth-order valence-electron chi connectivity index (χ4n) is 1.65. The second-order valence-electron chi connectivity index (χ2n) is 4.34. The van der Waals surface area contributed by atoms with Crippen molar-refractivity contribution in [2.75, 3.05) is 18.5 Å². The summed E-state index contributed by atoms with van der Waals surface area (Å²) in [5, 5.41) is 8.89. The van der Waals surface area contributed by atoms with Crippen LogP contribution in [0.2, 0.25) is 0 Å². The molecule has 0 aliphatic rings. The summed E-state index contributed by atoms with van der Waals surface area (Å²) in [5.74, 6) is 0.277. The van der Waals surface area contributed by atoms with E-state index in [1.54, 1.807) is 12.1 Å². The highest BCUT2D eigenvalue weighted by Crippen LogP contribution is 2.20. The maximum Gasteiger partial charge on any atom is 0.146 e. The van der Waals surface area contributed by atoms with Crippen molar-refractivity contribution >= 4 is 5.69 Å². The summed E-state index contributed by atoms with van der Waals surface area (Å²) < 4.78 is 13.7. The van der Waals surface area contributed by atoms with Crippen molar-refractivity contribution in [1.82, 2.24) is 0 Å². The van der Waals surface area contributed by atoms with Gasteiger partial charge in [0.05, 0.1) is 12.3 Å². The molecule has 90 valence electrons. The predicted molar refractivity (Wildman–Crippen MR) is 65.0 cm³/mol. The maximum atomic E-state index is 13.7. The number of rotatable bonds is 5. The maximum absolute atomic E-state index is 13.7. The second kappa shape index (κ2) is 5.85. The van der Waals surface area contributed by atoms with Gasteiger partial charge in [-0.3, -0.25) is 0 Å². The van der Waals surface area contributed by atoms with Gasteiger partial charge in [-0.2, -0.15) is 0 Å². The summed E-state index contributed by atoms with van der Waals surface area (Å²) in [4.78, 5) is 1.92. The van der Waals surface area contributed by atoms with E-state index >= 15 is 0 Å². The Labute approximate surface area is 96.7 Å². The molecular weight excluding hydrogens is 205 g/mol. The quantitative estimate of drug-likeness (QED) is 0.833. The Hall–Kier alpha value is -1.09. The lowest BCUT2D eigenvalue weighted by atomic mass is 10.1. The SMILES string of the molecule is CCC(C)CN(C)c1ccc(CO)cc1F. The zero-order valence-corrected chi connectivity index (χ0v) is 10.2. The van der Waals surface area contributed by atoms with Crippen LogP contribution in [0.1, 0.15) is 25.8 Å². The third kappa shape index (κ3) is 3.20. The number of hydrogen-bond donors (Lipinski definition) is 1. The predicted octanol–water partition coefficient (Wildman–Crippen LogP) is 2.80. The van der Waals surface area contributed by atoms with Crippen LogP contribution in [-0.4, -0.2) is 18.7 Å². The standard InChI is InChI=1S/C13H20FNO/c1-4-10(2)8-15(3)13-6-5-11(9-16)7-12(13)14/h5-7,10,16H,4,8-9H2,1-3H3. The van der Waals surface area contributed by atoms with E-state index in [4.69, 9.17) is 5.11 Å². The summed E-state index contributed by atoms with van der Waals surface area (Å²) in [6.07, 6.45) is 1.08. The van der Waals surface area contributed by atoms with Crippen molar-refractivity contribution in [2.24, 2.45) is 5.92 Å². The van der Waals surface area contributed by atoms with E-state index in [2.05, 4.69) is 13.8 Å². The van der Waals surface area contributed by atoms with Crippen molar-refractivity contribution in [2.45, 2.75) is 26.9 Å². The fourth-order valence-corrected chi connectivity index (χ4v) is 1.65. The zero-order valence-electron chi connectivity index (χ0n) is 10.2. The molecule has 3 heteroatoms. The van der Waals surface area contributed by atoms with Crippen molar-refractivity contribution < 1.29 is 9.50 Å². The molecule has 1 N–H and O–H groups in total. The molecule has 0 radical (unpaired) electrons. The van der Waals surface area contributed by atoms with Crippen molar-refractivity contribution in [1.29, 1.82) is 0 Å². The van der Waals surface area contributed by atoms with E-state index in [-0.39, 0.29) is 12.4 Å². The molecule has 0 saturated carbocycles. The molecule has 1 aromatic rings. The minimum absolute atomic E-state index is 0.119. The van der Waals surface area contributed by atoms with Crippen LogP contribution in [0.5, 0.6) is 0 Å². The average Bonchev–Trinajstić information content (AvgIpc) is 2.28. The van der Waals surface area contributed by atoms with Gasteiger partial charge < -0.3 is 10.0 Å². The minimum Gasteiger partial charge on any atom is -0.392 e. The Morgan fingerprint density at radius 3 is 2.62 bits per heavy atom. The smallest absolute Gasteiger partial charge is 0.146 e. The lowest BCUT2D eigenvalue weighted by molar-refractivity contribution is 0.281. The van der Waals surface area contributed by atoms with E-state index in [0.29, 0.717) is 17.2 Å². The van der Waals surface area contributed by atoms with E-state index in [1.807, 2.05) is 11.9 Å². The lowest BCUT2D eigenvalue weighted by Crippen LogP contribution is -2.24. The number of hydrogen-bond acceptors (Lipinski definition) is 2. The van der Waals surface area contributed by atoms with Gasteiger partial charge in [-0.1, -0.05) is 26.3 Å². The number of halogens is 1. The number of anilines is 1. The Balaban J connectivity index is 2.79. The third-order valence-electron chi connectivity index (χ3n) is 2.89. The van der Waals surface area contributed by atoms with Gasteiger partial charge in [0, 0.05) is 13.6 Å². The molecule has 0 aromatic heterocycles. The van der Waals surface area contributed by atoms with Crippen LogP contribution in [0.3, 0.4) is 0 Å². The van der Waals surface area contributed by atoms with Crippen LogP contribution >= 0.6 is 0 Å². The molecule has 2 nitrogen and oxygen atoms in total. The van der Waals surface area contributed by atoms with E-state index < -0.39 is 0 Å². The Kier molecular flexibility index (Phi) is 4.74. The molecule has 1 rings (SSSR count). The third-order valence-corrected chi connectivity index (χ3v) is 2.89. The van der Waals surface area contributed by atoms with Gasteiger partial charge in [-0.25, -0.2) is 4.39 Å². The van der Waals surface area contributed by atoms with Crippen molar-refractivity contribution in [3.05, 3.63) is 29.6 Å². The number of aliphatic hydroxyl groups is 1. The highest BCUT2D eigenvalue weighted by Gasteiger charge is 2.10. The normalized spacial score (nSPS) is 12.6. The average molecular weight is 225 g/mol. The molecule has 0 bridgehead atoms. The Morgan fingerprint density at radius 2 is 2.12 bits per heavy atom. The van der Waals surface area contributed by atoms with E-state index in [1.165, 1.54) is 6.07 Å². The first kappa shape index (κ1) is 13.0. The first-order valence-corrected chi connectivity index (χ1v) is 5.68. The summed E-state index contributed by atoms with van der Waals surface area (Å²) in [7, 11) is 1.89.